The van der Waals surface area contributed by atoms with E-state index >= 15 is 4.79 Å². The first-order valence-electron chi connectivity index (χ1n) is 15.6. The van der Waals surface area contributed by atoms with Crippen molar-refractivity contribution >= 4 is 80.9 Å². The molecule has 1 saturated heterocycles. The summed E-state index contributed by atoms with van der Waals surface area (Å²) in [6.07, 6.45) is -4.46. The van der Waals surface area contributed by atoms with Crippen LogP contribution in [0.5, 0.6) is 0 Å². The molecular weight excluding hydrogens is 749 g/mol. The summed E-state index contributed by atoms with van der Waals surface area (Å²) in [6.45, 7) is 8.42. The minimum absolute atomic E-state index is 0.0171. The average molecular weight is 795 g/mol. The van der Waals surface area contributed by atoms with Gasteiger partial charge in [0.15, 0.2) is 11.7 Å². The highest BCUT2D eigenvalue weighted by Gasteiger charge is 2.76. The molecule has 2 bridgehead atoms. The van der Waals surface area contributed by atoms with Gasteiger partial charge in [-0.05, 0) is 50.4 Å². The molecular formula is C31H45O10P7. The van der Waals surface area contributed by atoms with Gasteiger partial charge in [-0.3, -0.25) is 14.4 Å². The Bertz CT molecular complexity index is 1480. The number of carbonyl (C=O) groups is 4. The number of ketones is 1. The summed E-state index contributed by atoms with van der Waals surface area (Å²) in [7, 11) is 10.3. The number of fused-ring (bicyclic) bond motifs is 5. The zero-order chi connectivity index (χ0) is 35.5. The predicted molar refractivity (Wildman–Crippen MR) is 202 cm³/mol. The molecule has 48 heavy (non-hydrogen) atoms. The van der Waals surface area contributed by atoms with Gasteiger partial charge in [0, 0.05) is 37.2 Å². The maximum absolute atomic E-state index is 15.1. The molecule has 0 aromatic heterocycles. The van der Waals surface area contributed by atoms with Crippen LogP contribution in [-0.4, -0.2) is 71.5 Å². The zero-order valence-corrected chi connectivity index (χ0v) is 35.1. The van der Waals surface area contributed by atoms with E-state index in [0.29, 0.717) is 16.7 Å². The summed E-state index contributed by atoms with van der Waals surface area (Å²) in [5.74, 6) is -3.84. The Kier molecular flexibility index (Phi) is 12.0. The number of aliphatic hydroxyl groups excluding tert-OH is 1. The summed E-state index contributed by atoms with van der Waals surface area (Å²) >= 11 is 0. The average Bonchev–Trinajstić information content (AvgIpc) is 2.98. The number of benzene rings is 1. The molecule has 0 spiro atoms. The number of hydrogen-bond donors (Lipinski definition) is 1. The lowest BCUT2D eigenvalue weighted by atomic mass is 9.45. The highest BCUT2D eigenvalue weighted by atomic mass is 33.0. The number of aliphatic hydroxyl groups is 1. The van der Waals surface area contributed by atoms with Crippen molar-refractivity contribution in [1.29, 1.82) is 0 Å². The summed E-state index contributed by atoms with van der Waals surface area (Å²) in [6, 6.07) is 8.59. The van der Waals surface area contributed by atoms with Crippen LogP contribution in [0.2, 0.25) is 0 Å². The van der Waals surface area contributed by atoms with Crippen molar-refractivity contribution in [2.24, 2.45) is 22.7 Å². The van der Waals surface area contributed by atoms with Crippen LogP contribution in [-0.2, 0) is 37.9 Å². The van der Waals surface area contributed by atoms with Crippen LogP contribution in [0, 0.1) is 22.7 Å². The van der Waals surface area contributed by atoms with E-state index in [9.17, 15) is 19.5 Å². The smallest absolute Gasteiger partial charge is 0.338 e. The van der Waals surface area contributed by atoms with Crippen molar-refractivity contribution in [2.75, 3.05) is 6.61 Å². The molecule has 3 fully saturated rings. The van der Waals surface area contributed by atoms with E-state index < -0.39 is 104 Å². The molecule has 1 N–H and O–H groups in total. The third kappa shape index (κ3) is 6.78. The van der Waals surface area contributed by atoms with Gasteiger partial charge in [-0.25, -0.2) is 4.79 Å². The van der Waals surface area contributed by atoms with E-state index in [4.69, 9.17) is 23.5 Å². The van der Waals surface area contributed by atoms with Crippen molar-refractivity contribution < 1.29 is 47.8 Å². The lowest BCUT2D eigenvalue weighted by Gasteiger charge is -2.67. The maximum atomic E-state index is 15.1. The number of ether oxygens (including phenoxy) is 4. The van der Waals surface area contributed by atoms with Gasteiger partial charge in [0.2, 0.25) is 5.78 Å². The predicted octanol–water partition coefficient (Wildman–Crippen LogP) is 6.91. The normalized spacial score (nSPS) is 35.6. The lowest BCUT2D eigenvalue weighted by molar-refractivity contribution is -0.345. The van der Waals surface area contributed by atoms with E-state index in [1.807, 2.05) is 20.8 Å². The summed E-state index contributed by atoms with van der Waals surface area (Å²) in [4.78, 5) is 55.1. The highest BCUT2D eigenvalue weighted by Crippen LogP contribution is 2.98. The molecule has 10 nitrogen and oxygen atoms in total. The van der Waals surface area contributed by atoms with E-state index in [0.717, 1.165) is 0 Å². The van der Waals surface area contributed by atoms with Gasteiger partial charge in [-0.2, -0.15) is 0 Å². The van der Waals surface area contributed by atoms with Gasteiger partial charge in [0.1, 0.15) is 12.2 Å². The van der Waals surface area contributed by atoms with Crippen LogP contribution in [0.15, 0.2) is 41.5 Å². The Morgan fingerprint density at radius 3 is 2.10 bits per heavy atom. The Morgan fingerprint density at radius 1 is 0.958 bits per heavy atom. The second-order valence-electron chi connectivity index (χ2n) is 13.8. The minimum Gasteiger partial charge on any atom is -0.458 e. The molecule has 264 valence electrons. The Hall–Kier alpha value is -0.0700. The van der Waals surface area contributed by atoms with Crippen LogP contribution in [0.3, 0.4) is 0 Å². The highest BCUT2D eigenvalue weighted by molar-refractivity contribution is 8.96. The van der Waals surface area contributed by atoms with Gasteiger partial charge in [0.25, 0.3) is 0 Å². The molecule has 6 unspecified atom stereocenters. The van der Waals surface area contributed by atoms with E-state index in [1.54, 1.807) is 37.3 Å². The molecule has 5 rings (SSSR count). The molecule has 17 heteroatoms. The topological polar surface area (TPSA) is 135 Å². The Morgan fingerprint density at radius 2 is 1.58 bits per heavy atom. The first-order chi connectivity index (χ1) is 22.4. The van der Waals surface area contributed by atoms with Gasteiger partial charge in [0.05, 0.1) is 37.8 Å². The maximum Gasteiger partial charge on any atom is 0.338 e. The fourth-order valence-corrected chi connectivity index (χ4v) is 41.4. The van der Waals surface area contributed by atoms with Crippen molar-refractivity contribution in [1.82, 2.24) is 0 Å². The van der Waals surface area contributed by atoms with Crippen LogP contribution in [0.25, 0.3) is 0 Å². The van der Waals surface area contributed by atoms with E-state index in [1.165, 1.54) is 13.8 Å². The first-order valence-corrected chi connectivity index (χ1v) is 27.4. The number of carbonyl (C=O) groups excluding carboxylic acids is 4. The number of Topliss-reactive ketones (excluding diaryl/α,β-unsaturated/α-hetero) is 1. The molecule has 1 heterocycles. The molecule has 0 radical (unpaired) electrons. The van der Waals surface area contributed by atoms with Gasteiger partial charge in [-0.1, -0.05) is 39.0 Å². The molecule has 0 amide bonds. The van der Waals surface area contributed by atoms with E-state index in [-0.39, 0.29) is 19.4 Å². The molecule has 3 aliphatic carbocycles. The van der Waals surface area contributed by atoms with Crippen molar-refractivity contribution in [3.63, 3.8) is 0 Å². The molecule has 1 aliphatic heterocycles. The van der Waals surface area contributed by atoms with Crippen molar-refractivity contribution in [3.05, 3.63) is 47.0 Å². The first kappa shape index (κ1) is 39.1. The van der Waals surface area contributed by atoms with Crippen LogP contribution < -0.4 is 0 Å². The minimum atomic E-state index is -1.43. The number of hydrogen-bond acceptors (Lipinski definition) is 10. The van der Waals surface area contributed by atoms with Gasteiger partial charge in [-0.15, -0.1) is 35.7 Å². The second kappa shape index (κ2) is 14.7. The summed E-state index contributed by atoms with van der Waals surface area (Å²) < 4.78 is 32.2. The number of rotatable bonds is 8. The molecule has 2 saturated carbocycles. The van der Waals surface area contributed by atoms with Crippen LogP contribution >= 0.6 is 57.2 Å². The zero-order valence-electron chi connectivity index (χ0n) is 27.8. The molecule has 1 aromatic rings. The summed E-state index contributed by atoms with van der Waals surface area (Å²) in [5.41, 5.74) is -2.55. The molecule has 4 aliphatic rings. The van der Waals surface area contributed by atoms with Gasteiger partial charge >= 0.3 is 17.9 Å². The van der Waals surface area contributed by atoms with E-state index in [2.05, 4.69) is 35.7 Å². The van der Waals surface area contributed by atoms with Crippen molar-refractivity contribution in [3.8, 4) is 0 Å². The lowest BCUT2D eigenvalue weighted by Crippen LogP contribution is -2.80. The van der Waals surface area contributed by atoms with Crippen LogP contribution in [0.1, 0.15) is 64.7 Å². The largest absolute Gasteiger partial charge is 0.458 e. The SMILES string of the molecule is CC(=O)O[C@@H]1C(=O)C2=C(C)[C@@H](O)CC([C@@H](OC(=O)c3ccccc3)C3[C@@]1(C)[C@@H](OP(P(P)P)P(P)P)C[C@H]1OC[C@@]31OC(C)=O)C2(C)C. The summed E-state index contributed by atoms with van der Waals surface area (Å²) in [5, 5.41) is 11.5. The quantitative estimate of drug-likeness (QED) is 0.168. The van der Waals surface area contributed by atoms with Crippen molar-refractivity contribution in [2.45, 2.75) is 90.5 Å². The fourth-order valence-electron chi connectivity index (χ4n) is 8.52. The second-order valence-corrected chi connectivity index (χ2v) is 37.4. The fraction of sp³-hybridized carbons (Fsp3) is 0.613. The standard InChI is InChI=1S/C31H45O10P7/c1-15-20(34)12-19-25(39-28(36)18-10-8-7-9-11-18)26-30(6,27(38-16(2)32)24(35)23(15)29(19,4)5)21(41-46(47(42)43)48(44)45)13-22-31(26,14-37-22)40-17(3)33/h7-11,19-22,25-27,34H,12-14,42-45H2,1-6H3/t19?,20-,21-,22+,25+,26?,27+,30+,31-/m0/s1. The molecule has 13 atom stereocenters. The van der Waals surface area contributed by atoms with Gasteiger partial charge < -0.3 is 28.6 Å². The molecule has 1 aromatic carbocycles. The Labute approximate surface area is 294 Å². The third-order valence-corrected chi connectivity index (χ3v) is 33.0. The monoisotopic (exact) mass is 794 g/mol. The Balaban J connectivity index is 1.85. The number of esters is 3. The third-order valence-electron chi connectivity index (χ3n) is 10.6. The van der Waals surface area contributed by atoms with Crippen LogP contribution in [0.4, 0.5) is 0 Å².